The molecule has 0 heterocycles. The zero-order valence-electron chi connectivity index (χ0n) is 11.6. The van der Waals surface area contributed by atoms with Crippen molar-refractivity contribution in [2.75, 3.05) is 20.2 Å². The normalized spacial score (nSPS) is 10.7. The van der Waals surface area contributed by atoms with Crippen LogP contribution in [0.25, 0.3) is 0 Å². The Morgan fingerprint density at radius 3 is 2.71 bits per heavy atom. The Bertz CT molecular complexity index is 494. The smallest absolute Gasteiger partial charge is 0.387 e. The number of hydrogen-bond acceptors (Lipinski definition) is 4. The number of alkyl halides is 2. The molecule has 5 nitrogen and oxygen atoms in total. The number of benzene rings is 1. The second-order valence-electron chi connectivity index (χ2n) is 4.22. The van der Waals surface area contributed by atoms with Gasteiger partial charge in [-0.05, 0) is 17.7 Å². The van der Waals surface area contributed by atoms with Crippen molar-refractivity contribution in [1.82, 2.24) is 4.90 Å². The summed E-state index contributed by atoms with van der Waals surface area (Å²) in [5, 5.41) is 8.82. The number of hydrogen-bond donors (Lipinski definition) is 1. The molecule has 0 atom stereocenters. The number of carboxylic acid groups (broad SMARTS) is 1. The van der Waals surface area contributed by atoms with Gasteiger partial charge in [0, 0.05) is 13.1 Å². The molecule has 0 aliphatic rings. The van der Waals surface area contributed by atoms with Gasteiger partial charge in [-0.3, -0.25) is 9.69 Å². The molecule has 0 saturated heterocycles. The minimum atomic E-state index is -2.96. The zero-order chi connectivity index (χ0) is 15.8. The van der Waals surface area contributed by atoms with Gasteiger partial charge in [0.1, 0.15) is 0 Å². The van der Waals surface area contributed by atoms with E-state index in [1.54, 1.807) is 17.0 Å². The third-order valence-electron chi connectivity index (χ3n) is 2.60. The lowest BCUT2D eigenvalue weighted by atomic mass is 10.2. The van der Waals surface area contributed by atoms with Gasteiger partial charge >= 0.3 is 12.6 Å². The van der Waals surface area contributed by atoms with E-state index in [1.165, 1.54) is 19.2 Å². The molecule has 0 unspecified atom stereocenters. The summed E-state index contributed by atoms with van der Waals surface area (Å²) in [4.78, 5) is 12.4. The fourth-order valence-electron chi connectivity index (χ4n) is 1.82. The van der Waals surface area contributed by atoms with E-state index in [9.17, 15) is 13.6 Å². The number of halogens is 2. The van der Waals surface area contributed by atoms with Crippen LogP contribution in [0.15, 0.2) is 30.9 Å². The van der Waals surface area contributed by atoms with Gasteiger partial charge < -0.3 is 14.6 Å². The Labute approximate surface area is 121 Å². The summed E-state index contributed by atoms with van der Waals surface area (Å²) in [5.41, 5.74) is 0.634. The number of methoxy groups -OCH3 is 1. The first-order valence-electron chi connectivity index (χ1n) is 6.13. The van der Waals surface area contributed by atoms with Crippen LogP contribution in [0.1, 0.15) is 5.56 Å². The predicted molar refractivity (Wildman–Crippen MR) is 72.7 cm³/mol. The molecule has 0 bridgehead atoms. The first kappa shape index (κ1) is 16.9. The van der Waals surface area contributed by atoms with Crippen molar-refractivity contribution in [2.24, 2.45) is 0 Å². The Morgan fingerprint density at radius 2 is 2.19 bits per heavy atom. The molecule has 7 heteroatoms. The van der Waals surface area contributed by atoms with E-state index in [-0.39, 0.29) is 24.6 Å². The second kappa shape index (κ2) is 8.21. The van der Waals surface area contributed by atoms with Crippen LogP contribution in [0.5, 0.6) is 11.5 Å². The van der Waals surface area contributed by atoms with Crippen LogP contribution in [0.3, 0.4) is 0 Å². The highest BCUT2D eigenvalue weighted by molar-refractivity contribution is 5.69. The van der Waals surface area contributed by atoms with Crippen molar-refractivity contribution < 1.29 is 28.2 Å². The van der Waals surface area contributed by atoms with Crippen LogP contribution >= 0.6 is 0 Å². The van der Waals surface area contributed by atoms with Gasteiger partial charge in [0.25, 0.3) is 0 Å². The van der Waals surface area contributed by atoms with Crippen molar-refractivity contribution in [2.45, 2.75) is 13.2 Å². The lowest BCUT2D eigenvalue weighted by Gasteiger charge is -2.19. The third-order valence-corrected chi connectivity index (χ3v) is 2.60. The summed E-state index contributed by atoms with van der Waals surface area (Å²) >= 11 is 0. The fraction of sp³-hybridized carbons (Fsp3) is 0.357. The third kappa shape index (κ3) is 5.78. The number of ether oxygens (including phenoxy) is 2. The van der Waals surface area contributed by atoms with Crippen LogP contribution in [-0.4, -0.2) is 42.8 Å². The van der Waals surface area contributed by atoms with Crippen molar-refractivity contribution in [1.29, 1.82) is 0 Å². The molecule has 1 aromatic carbocycles. The highest BCUT2D eigenvalue weighted by Gasteiger charge is 2.14. The van der Waals surface area contributed by atoms with E-state index >= 15 is 0 Å². The molecule has 1 rings (SSSR count). The van der Waals surface area contributed by atoms with Crippen LogP contribution in [0.4, 0.5) is 8.78 Å². The van der Waals surface area contributed by atoms with E-state index < -0.39 is 12.6 Å². The Balaban J connectivity index is 2.90. The minimum Gasteiger partial charge on any atom is -0.493 e. The lowest BCUT2D eigenvalue weighted by Crippen LogP contribution is -2.29. The Morgan fingerprint density at radius 1 is 1.48 bits per heavy atom. The largest absolute Gasteiger partial charge is 0.493 e. The molecule has 0 amide bonds. The molecule has 21 heavy (non-hydrogen) atoms. The van der Waals surface area contributed by atoms with Crippen LogP contribution < -0.4 is 9.47 Å². The maximum Gasteiger partial charge on any atom is 0.387 e. The summed E-state index contributed by atoms with van der Waals surface area (Å²) in [6, 6.07) is 4.57. The van der Waals surface area contributed by atoms with Crippen LogP contribution in [0, 0.1) is 0 Å². The maximum absolute atomic E-state index is 12.3. The van der Waals surface area contributed by atoms with E-state index in [0.717, 1.165) is 0 Å². The molecule has 1 aromatic rings. The van der Waals surface area contributed by atoms with Crippen molar-refractivity contribution in [3.63, 3.8) is 0 Å². The quantitative estimate of drug-likeness (QED) is 0.710. The standard InChI is InChI=1S/C14H17F2NO4/c1-3-6-17(9-13(18)19)8-10-4-5-11(20-2)12(7-10)21-14(15)16/h3-5,7,14H,1,6,8-9H2,2H3,(H,18,19). The number of carbonyl (C=O) groups is 1. The van der Waals surface area contributed by atoms with Crippen molar-refractivity contribution in [3.05, 3.63) is 36.4 Å². The molecule has 0 aliphatic heterocycles. The summed E-state index contributed by atoms with van der Waals surface area (Å²) in [7, 11) is 1.35. The number of aliphatic carboxylic acids is 1. The zero-order valence-corrected chi connectivity index (χ0v) is 11.6. The van der Waals surface area contributed by atoms with Gasteiger partial charge in [-0.25, -0.2) is 0 Å². The molecule has 0 aromatic heterocycles. The molecule has 0 radical (unpaired) electrons. The van der Waals surface area contributed by atoms with Crippen molar-refractivity contribution >= 4 is 5.97 Å². The molecular weight excluding hydrogens is 284 g/mol. The van der Waals surface area contributed by atoms with Gasteiger partial charge in [0.15, 0.2) is 11.5 Å². The molecule has 1 N–H and O–H groups in total. The minimum absolute atomic E-state index is 0.0844. The van der Waals surface area contributed by atoms with Gasteiger partial charge in [-0.1, -0.05) is 12.1 Å². The number of carboxylic acids is 1. The number of rotatable bonds is 9. The van der Waals surface area contributed by atoms with Gasteiger partial charge in [-0.2, -0.15) is 8.78 Å². The van der Waals surface area contributed by atoms with Gasteiger partial charge in [-0.15, -0.1) is 6.58 Å². The highest BCUT2D eigenvalue weighted by Crippen LogP contribution is 2.29. The average molecular weight is 301 g/mol. The summed E-state index contributed by atoms with van der Waals surface area (Å²) in [6.45, 7) is 1.05. The Kier molecular flexibility index (Phi) is 6.61. The monoisotopic (exact) mass is 301 g/mol. The summed E-state index contributed by atoms with van der Waals surface area (Å²) < 4.78 is 34.0. The van der Waals surface area contributed by atoms with Gasteiger partial charge in [0.2, 0.25) is 0 Å². The van der Waals surface area contributed by atoms with Crippen molar-refractivity contribution in [3.8, 4) is 11.5 Å². The maximum atomic E-state index is 12.3. The Hall–Kier alpha value is -2.15. The SMILES string of the molecule is C=CCN(CC(=O)O)Cc1ccc(OC)c(OC(F)F)c1. The van der Waals surface area contributed by atoms with Crippen LogP contribution in [0.2, 0.25) is 0 Å². The first-order chi connectivity index (χ1) is 9.96. The molecule has 0 fully saturated rings. The summed E-state index contributed by atoms with van der Waals surface area (Å²) in [5.74, 6) is -0.874. The fourth-order valence-corrected chi connectivity index (χ4v) is 1.82. The van der Waals surface area contributed by atoms with E-state index in [4.69, 9.17) is 9.84 Å². The molecular formula is C14H17F2NO4. The highest BCUT2D eigenvalue weighted by atomic mass is 19.3. The average Bonchev–Trinajstić information content (AvgIpc) is 2.38. The predicted octanol–water partition coefficient (Wildman–Crippen LogP) is 2.37. The van der Waals surface area contributed by atoms with Crippen LogP contribution in [-0.2, 0) is 11.3 Å². The molecule has 116 valence electrons. The molecule has 0 saturated carbocycles. The topological polar surface area (TPSA) is 59.0 Å². The van der Waals surface area contributed by atoms with E-state index in [1.807, 2.05) is 0 Å². The van der Waals surface area contributed by atoms with Gasteiger partial charge in [0.05, 0.1) is 13.7 Å². The van der Waals surface area contributed by atoms with E-state index in [0.29, 0.717) is 12.1 Å². The lowest BCUT2D eigenvalue weighted by molar-refractivity contribution is -0.138. The summed E-state index contributed by atoms with van der Waals surface area (Å²) in [6.07, 6.45) is 1.57. The first-order valence-corrected chi connectivity index (χ1v) is 6.13. The van der Waals surface area contributed by atoms with E-state index in [2.05, 4.69) is 11.3 Å². The molecule has 0 spiro atoms. The second-order valence-corrected chi connectivity index (χ2v) is 4.22. The molecule has 0 aliphatic carbocycles. The number of nitrogens with zero attached hydrogens (tertiary/aromatic N) is 1.